The Labute approximate surface area is 126 Å². The number of hydrogen-bond donors (Lipinski definition) is 1. The van der Waals surface area contributed by atoms with E-state index in [0.717, 1.165) is 22.4 Å². The van der Waals surface area contributed by atoms with Crippen molar-refractivity contribution in [1.82, 2.24) is 14.9 Å². The van der Waals surface area contributed by atoms with Crippen molar-refractivity contribution >= 4 is 28.7 Å². The Balaban J connectivity index is 1.78. The molecule has 0 saturated heterocycles. The summed E-state index contributed by atoms with van der Waals surface area (Å²) in [4.78, 5) is 17.0. The zero-order valence-electron chi connectivity index (χ0n) is 11.1. The van der Waals surface area contributed by atoms with E-state index in [1.807, 2.05) is 48.5 Å². The maximum Gasteiger partial charge on any atom is 0.328 e. The lowest BCUT2D eigenvalue weighted by molar-refractivity contribution is 0.234. The largest absolute Gasteiger partial charge is 0.330 e. The molecule has 0 radical (unpaired) electrons. The molecule has 1 aliphatic rings. The fourth-order valence-corrected chi connectivity index (χ4v) is 2.91. The predicted molar refractivity (Wildman–Crippen MR) is 81.6 cm³/mol. The van der Waals surface area contributed by atoms with E-state index in [0.29, 0.717) is 11.4 Å². The first-order valence-electron chi connectivity index (χ1n) is 6.75. The molecule has 0 aliphatic carbocycles. The Kier molecular flexibility index (Phi) is 2.72. The minimum absolute atomic E-state index is 0.0703. The second kappa shape index (κ2) is 4.60. The summed E-state index contributed by atoms with van der Waals surface area (Å²) in [7, 11) is 0. The van der Waals surface area contributed by atoms with Crippen LogP contribution >= 0.6 is 11.6 Å². The molecular weight excluding hydrogens is 286 g/mol. The summed E-state index contributed by atoms with van der Waals surface area (Å²) in [5.74, 6) is 0.792. The van der Waals surface area contributed by atoms with Gasteiger partial charge in [-0.2, -0.15) is 0 Å². The summed E-state index contributed by atoms with van der Waals surface area (Å²) in [6.07, 6.45) is 0.669. The van der Waals surface area contributed by atoms with Gasteiger partial charge in [0.05, 0.1) is 17.1 Å². The minimum atomic E-state index is -0.134. The first kappa shape index (κ1) is 12.4. The normalized spacial score (nSPS) is 17.6. The van der Waals surface area contributed by atoms with Gasteiger partial charge in [0.1, 0.15) is 5.82 Å². The first-order valence-corrected chi connectivity index (χ1v) is 7.13. The van der Waals surface area contributed by atoms with Gasteiger partial charge in [-0.3, -0.25) is 0 Å². The molecular formula is C16H12ClN3O. The molecule has 1 unspecified atom stereocenters. The van der Waals surface area contributed by atoms with Gasteiger partial charge in [-0.25, -0.2) is 14.3 Å². The minimum Gasteiger partial charge on any atom is -0.330 e. The lowest BCUT2D eigenvalue weighted by atomic mass is 10.0. The van der Waals surface area contributed by atoms with E-state index in [4.69, 9.17) is 11.6 Å². The Morgan fingerprint density at radius 1 is 1.14 bits per heavy atom. The van der Waals surface area contributed by atoms with Crippen LogP contribution in [0.5, 0.6) is 0 Å². The summed E-state index contributed by atoms with van der Waals surface area (Å²) in [5.41, 5.74) is 2.73. The SMILES string of the molecule is O=C1NC(c2ccc(Cl)cc2)Cc2nc3ccccc3n21. The standard InChI is InChI=1S/C16H12ClN3O/c17-11-7-5-10(6-8-11)13-9-15-18-12-3-1-2-4-14(12)20(15)16(21)19-13/h1-8,13H,9H2,(H,19,21). The molecule has 0 spiro atoms. The number of fused-ring (bicyclic) bond motifs is 3. The van der Waals surface area contributed by atoms with Crippen LogP contribution in [0.25, 0.3) is 11.0 Å². The van der Waals surface area contributed by atoms with Gasteiger partial charge in [-0.1, -0.05) is 35.9 Å². The zero-order chi connectivity index (χ0) is 14.4. The number of aromatic nitrogens is 2. The van der Waals surface area contributed by atoms with Crippen LogP contribution < -0.4 is 5.32 Å². The monoisotopic (exact) mass is 297 g/mol. The number of carbonyl (C=O) groups is 1. The number of nitrogens with one attached hydrogen (secondary N) is 1. The van der Waals surface area contributed by atoms with Gasteiger partial charge in [-0.15, -0.1) is 0 Å². The summed E-state index contributed by atoms with van der Waals surface area (Å²) in [6.45, 7) is 0. The lowest BCUT2D eigenvalue weighted by Gasteiger charge is -2.24. The molecule has 2 heterocycles. The highest BCUT2D eigenvalue weighted by molar-refractivity contribution is 6.30. The van der Waals surface area contributed by atoms with E-state index in [9.17, 15) is 4.79 Å². The number of halogens is 1. The van der Waals surface area contributed by atoms with Crippen LogP contribution in [0.15, 0.2) is 48.5 Å². The topological polar surface area (TPSA) is 46.9 Å². The average Bonchev–Trinajstić information content (AvgIpc) is 2.86. The molecule has 21 heavy (non-hydrogen) atoms. The number of hydrogen-bond acceptors (Lipinski definition) is 2. The van der Waals surface area contributed by atoms with Gasteiger partial charge in [-0.05, 0) is 29.8 Å². The fraction of sp³-hybridized carbons (Fsp3) is 0.125. The number of para-hydroxylation sites is 2. The number of rotatable bonds is 1. The molecule has 1 amide bonds. The molecule has 1 N–H and O–H groups in total. The Morgan fingerprint density at radius 3 is 2.71 bits per heavy atom. The molecule has 1 aliphatic heterocycles. The predicted octanol–water partition coefficient (Wildman–Crippen LogP) is 3.54. The highest BCUT2D eigenvalue weighted by Crippen LogP contribution is 2.26. The summed E-state index contributed by atoms with van der Waals surface area (Å²) in [5, 5.41) is 3.72. The van der Waals surface area contributed by atoms with Crippen molar-refractivity contribution in [3.8, 4) is 0 Å². The van der Waals surface area contributed by atoms with Gasteiger partial charge < -0.3 is 5.32 Å². The van der Waals surface area contributed by atoms with Crippen LogP contribution in [-0.2, 0) is 6.42 Å². The fourth-order valence-electron chi connectivity index (χ4n) is 2.78. The van der Waals surface area contributed by atoms with Crippen LogP contribution in [0.4, 0.5) is 4.79 Å². The number of carbonyl (C=O) groups excluding carboxylic acids is 1. The van der Waals surface area contributed by atoms with Crippen molar-refractivity contribution in [3.05, 3.63) is 64.9 Å². The van der Waals surface area contributed by atoms with Crippen molar-refractivity contribution < 1.29 is 4.79 Å². The second-order valence-electron chi connectivity index (χ2n) is 5.11. The van der Waals surface area contributed by atoms with E-state index < -0.39 is 0 Å². The molecule has 0 fully saturated rings. The van der Waals surface area contributed by atoms with E-state index >= 15 is 0 Å². The van der Waals surface area contributed by atoms with Gasteiger partial charge in [0, 0.05) is 11.4 Å². The molecule has 2 aromatic carbocycles. The first-order chi connectivity index (χ1) is 10.2. The van der Waals surface area contributed by atoms with Crippen molar-refractivity contribution in [3.63, 3.8) is 0 Å². The average molecular weight is 298 g/mol. The van der Waals surface area contributed by atoms with E-state index in [1.54, 1.807) is 4.57 Å². The lowest BCUT2D eigenvalue weighted by Crippen LogP contribution is -2.39. The van der Waals surface area contributed by atoms with Crippen LogP contribution in [0.2, 0.25) is 5.02 Å². The third kappa shape index (κ3) is 1.99. The van der Waals surface area contributed by atoms with E-state index in [1.165, 1.54) is 0 Å². The third-order valence-corrected chi connectivity index (χ3v) is 4.04. The van der Waals surface area contributed by atoms with Crippen molar-refractivity contribution in [1.29, 1.82) is 0 Å². The maximum atomic E-state index is 12.4. The number of benzene rings is 2. The highest BCUT2D eigenvalue weighted by Gasteiger charge is 2.27. The number of nitrogens with zero attached hydrogens (tertiary/aromatic N) is 2. The number of amides is 1. The van der Waals surface area contributed by atoms with Crippen molar-refractivity contribution in [2.75, 3.05) is 0 Å². The molecule has 0 bridgehead atoms. The van der Waals surface area contributed by atoms with Gasteiger partial charge in [0.25, 0.3) is 0 Å². The summed E-state index contributed by atoms with van der Waals surface area (Å²) < 4.78 is 1.65. The zero-order valence-corrected chi connectivity index (χ0v) is 11.8. The Hall–Kier alpha value is -2.33. The summed E-state index contributed by atoms with van der Waals surface area (Å²) >= 11 is 5.91. The molecule has 1 atom stereocenters. The Bertz CT molecular complexity index is 838. The third-order valence-electron chi connectivity index (χ3n) is 3.79. The molecule has 0 saturated carbocycles. The van der Waals surface area contributed by atoms with Gasteiger partial charge >= 0.3 is 6.03 Å². The van der Waals surface area contributed by atoms with Gasteiger partial charge in [0.2, 0.25) is 0 Å². The maximum absolute atomic E-state index is 12.4. The Morgan fingerprint density at radius 2 is 1.90 bits per heavy atom. The summed E-state index contributed by atoms with van der Waals surface area (Å²) in [6, 6.07) is 15.0. The van der Waals surface area contributed by atoms with Crippen LogP contribution in [0.1, 0.15) is 17.4 Å². The molecule has 4 nitrogen and oxygen atoms in total. The molecule has 104 valence electrons. The van der Waals surface area contributed by atoms with Gasteiger partial charge in [0.15, 0.2) is 0 Å². The molecule has 5 heteroatoms. The van der Waals surface area contributed by atoms with Crippen LogP contribution in [-0.4, -0.2) is 15.6 Å². The van der Waals surface area contributed by atoms with E-state index in [2.05, 4.69) is 10.3 Å². The quantitative estimate of drug-likeness (QED) is 0.747. The van der Waals surface area contributed by atoms with E-state index in [-0.39, 0.29) is 12.1 Å². The number of imidazole rings is 1. The van der Waals surface area contributed by atoms with Crippen molar-refractivity contribution in [2.45, 2.75) is 12.5 Å². The molecule has 1 aromatic heterocycles. The second-order valence-corrected chi connectivity index (χ2v) is 5.55. The van der Waals surface area contributed by atoms with Crippen molar-refractivity contribution in [2.24, 2.45) is 0 Å². The van der Waals surface area contributed by atoms with Crippen LogP contribution in [0, 0.1) is 0 Å². The smallest absolute Gasteiger partial charge is 0.328 e. The molecule has 3 aromatic rings. The highest BCUT2D eigenvalue weighted by atomic mass is 35.5. The van der Waals surface area contributed by atoms with Crippen LogP contribution in [0.3, 0.4) is 0 Å². The molecule has 4 rings (SSSR count).